The largest absolute Gasteiger partial charge is 0.504 e. The van der Waals surface area contributed by atoms with E-state index in [0.29, 0.717) is 5.75 Å². The van der Waals surface area contributed by atoms with Crippen molar-refractivity contribution in [2.24, 2.45) is 5.92 Å². The van der Waals surface area contributed by atoms with Crippen LogP contribution in [0.25, 0.3) is 0 Å². The number of ether oxygens (including phenoxy) is 1. The third-order valence-electron chi connectivity index (χ3n) is 4.39. The van der Waals surface area contributed by atoms with Crippen LogP contribution in [0, 0.1) is 5.92 Å². The number of hydrogen-bond donors (Lipinski definition) is 2. The average molecular weight is 262 g/mol. The molecule has 1 aromatic rings. The van der Waals surface area contributed by atoms with E-state index in [1.165, 1.54) is 25.9 Å². The Morgan fingerprint density at radius 2 is 2.32 bits per heavy atom. The maximum atomic E-state index is 9.82. The number of phenolic OH excluding ortho intramolecular Hbond substituents is 1. The summed E-state index contributed by atoms with van der Waals surface area (Å²) in [5.41, 5.74) is 1.16. The molecule has 0 bridgehead atoms. The quantitative estimate of drug-likeness (QED) is 0.868. The SMILES string of the molecule is COc1ccc(CN2CCC3NCCC3C2)cc1O. The van der Waals surface area contributed by atoms with Crippen LogP contribution in [-0.4, -0.2) is 42.8 Å². The van der Waals surface area contributed by atoms with E-state index >= 15 is 0 Å². The zero-order valence-electron chi connectivity index (χ0n) is 11.4. The van der Waals surface area contributed by atoms with Gasteiger partial charge >= 0.3 is 0 Å². The molecular formula is C15H22N2O2. The predicted octanol–water partition coefficient (Wildman–Crippen LogP) is 1.58. The number of likely N-dealkylation sites (tertiary alicyclic amines) is 1. The number of hydrogen-bond acceptors (Lipinski definition) is 4. The van der Waals surface area contributed by atoms with Crippen molar-refractivity contribution >= 4 is 0 Å². The number of piperidine rings is 1. The molecule has 2 N–H and O–H groups in total. The molecule has 104 valence electrons. The standard InChI is InChI=1S/C15H22N2O2/c1-19-15-3-2-11(8-14(15)18)9-17-7-5-13-12(10-17)4-6-16-13/h2-3,8,12-13,16,18H,4-7,9-10H2,1H3. The van der Waals surface area contributed by atoms with Gasteiger partial charge in [0.05, 0.1) is 7.11 Å². The molecule has 0 aromatic heterocycles. The van der Waals surface area contributed by atoms with Crippen molar-refractivity contribution in [1.82, 2.24) is 10.2 Å². The molecule has 0 spiro atoms. The molecule has 2 aliphatic rings. The summed E-state index contributed by atoms with van der Waals surface area (Å²) < 4.78 is 5.07. The molecule has 19 heavy (non-hydrogen) atoms. The van der Waals surface area contributed by atoms with Gasteiger partial charge in [-0.15, -0.1) is 0 Å². The van der Waals surface area contributed by atoms with Crippen LogP contribution in [0.5, 0.6) is 11.5 Å². The fourth-order valence-electron chi connectivity index (χ4n) is 3.36. The molecule has 2 saturated heterocycles. The molecule has 2 atom stereocenters. The lowest BCUT2D eigenvalue weighted by Crippen LogP contribution is -2.43. The molecule has 2 fully saturated rings. The number of benzene rings is 1. The van der Waals surface area contributed by atoms with Crippen molar-refractivity contribution in [2.45, 2.75) is 25.4 Å². The summed E-state index contributed by atoms with van der Waals surface area (Å²) in [7, 11) is 1.58. The van der Waals surface area contributed by atoms with Gasteiger partial charge in [-0.1, -0.05) is 6.07 Å². The lowest BCUT2D eigenvalue weighted by atomic mass is 9.93. The summed E-state index contributed by atoms with van der Waals surface area (Å²) in [5, 5.41) is 13.4. The van der Waals surface area contributed by atoms with Crippen molar-refractivity contribution in [2.75, 3.05) is 26.7 Å². The second kappa shape index (κ2) is 5.39. The van der Waals surface area contributed by atoms with Crippen molar-refractivity contribution < 1.29 is 9.84 Å². The average Bonchev–Trinajstić information content (AvgIpc) is 2.86. The second-order valence-electron chi connectivity index (χ2n) is 5.64. The first-order valence-corrected chi connectivity index (χ1v) is 7.08. The van der Waals surface area contributed by atoms with Crippen molar-refractivity contribution in [3.63, 3.8) is 0 Å². The van der Waals surface area contributed by atoms with E-state index in [0.717, 1.165) is 30.6 Å². The first-order valence-electron chi connectivity index (χ1n) is 7.08. The van der Waals surface area contributed by atoms with Crippen LogP contribution in [0.2, 0.25) is 0 Å². The highest BCUT2D eigenvalue weighted by atomic mass is 16.5. The van der Waals surface area contributed by atoms with Crippen LogP contribution < -0.4 is 10.1 Å². The minimum atomic E-state index is 0.234. The Hall–Kier alpha value is -1.26. The first-order chi connectivity index (χ1) is 9.26. The fourth-order valence-corrected chi connectivity index (χ4v) is 3.36. The normalized spacial score (nSPS) is 27.2. The van der Waals surface area contributed by atoms with Gasteiger partial charge in [0.15, 0.2) is 11.5 Å². The van der Waals surface area contributed by atoms with Gasteiger partial charge < -0.3 is 15.2 Å². The maximum Gasteiger partial charge on any atom is 0.160 e. The number of nitrogens with zero attached hydrogens (tertiary/aromatic N) is 1. The van der Waals surface area contributed by atoms with Crippen LogP contribution in [0.15, 0.2) is 18.2 Å². The zero-order chi connectivity index (χ0) is 13.2. The number of aromatic hydroxyl groups is 1. The zero-order valence-corrected chi connectivity index (χ0v) is 11.4. The van der Waals surface area contributed by atoms with Gasteiger partial charge in [0, 0.05) is 19.1 Å². The molecule has 4 heteroatoms. The number of nitrogens with one attached hydrogen (secondary N) is 1. The van der Waals surface area contributed by atoms with E-state index in [4.69, 9.17) is 4.74 Å². The smallest absolute Gasteiger partial charge is 0.160 e. The molecule has 0 amide bonds. The van der Waals surface area contributed by atoms with Gasteiger partial charge in [0.2, 0.25) is 0 Å². The monoisotopic (exact) mass is 262 g/mol. The Balaban J connectivity index is 1.63. The Labute approximate surface area is 114 Å². The summed E-state index contributed by atoms with van der Waals surface area (Å²) in [6.45, 7) is 4.40. The van der Waals surface area contributed by atoms with Gasteiger partial charge in [-0.25, -0.2) is 0 Å². The Kier molecular flexibility index (Phi) is 3.62. The number of methoxy groups -OCH3 is 1. The Bertz CT molecular complexity index is 450. The minimum Gasteiger partial charge on any atom is -0.504 e. The van der Waals surface area contributed by atoms with Crippen LogP contribution >= 0.6 is 0 Å². The van der Waals surface area contributed by atoms with Crippen molar-refractivity contribution in [3.05, 3.63) is 23.8 Å². The molecule has 0 aliphatic carbocycles. The van der Waals surface area contributed by atoms with Gasteiger partial charge in [-0.2, -0.15) is 0 Å². The topological polar surface area (TPSA) is 44.7 Å². The van der Waals surface area contributed by atoms with E-state index in [2.05, 4.69) is 10.2 Å². The summed E-state index contributed by atoms with van der Waals surface area (Å²) in [6.07, 6.45) is 2.54. The van der Waals surface area contributed by atoms with E-state index in [1.54, 1.807) is 7.11 Å². The van der Waals surface area contributed by atoms with Gasteiger partial charge in [0.1, 0.15) is 0 Å². The lowest BCUT2D eigenvalue weighted by Gasteiger charge is -2.34. The molecule has 4 nitrogen and oxygen atoms in total. The van der Waals surface area contributed by atoms with Gasteiger partial charge in [-0.3, -0.25) is 4.90 Å². The molecule has 2 heterocycles. The fraction of sp³-hybridized carbons (Fsp3) is 0.600. The minimum absolute atomic E-state index is 0.234. The summed E-state index contributed by atoms with van der Waals surface area (Å²) in [4.78, 5) is 2.50. The number of fused-ring (bicyclic) bond motifs is 1. The van der Waals surface area contributed by atoms with Crippen molar-refractivity contribution in [3.8, 4) is 11.5 Å². The van der Waals surface area contributed by atoms with Crippen molar-refractivity contribution in [1.29, 1.82) is 0 Å². The van der Waals surface area contributed by atoms with E-state index in [1.807, 2.05) is 18.2 Å². The van der Waals surface area contributed by atoms with E-state index in [9.17, 15) is 5.11 Å². The van der Waals surface area contributed by atoms with Gasteiger partial charge in [0.25, 0.3) is 0 Å². The highest BCUT2D eigenvalue weighted by Gasteiger charge is 2.32. The number of phenols is 1. The van der Waals surface area contributed by atoms with E-state index in [-0.39, 0.29) is 5.75 Å². The molecular weight excluding hydrogens is 240 g/mol. The summed E-state index contributed by atoms with van der Waals surface area (Å²) in [5.74, 6) is 1.58. The van der Waals surface area contributed by atoms with Crippen LogP contribution in [-0.2, 0) is 6.54 Å². The molecule has 0 saturated carbocycles. The first kappa shape index (κ1) is 12.8. The summed E-state index contributed by atoms with van der Waals surface area (Å²) in [6, 6.07) is 6.43. The third-order valence-corrected chi connectivity index (χ3v) is 4.39. The van der Waals surface area contributed by atoms with Crippen LogP contribution in [0.3, 0.4) is 0 Å². The highest BCUT2D eigenvalue weighted by molar-refractivity contribution is 5.41. The molecule has 0 radical (unpaired) electrons. The number of rotatable bonds is 3. The molecule has 2 unspecified atom stereocenters. The molecule has 3 rings (SSSR count). The predicted molar refractivity (Wildman–Crippen MR) is 74.5 cm³/mol. The lowest BCUT2D eigenvalue weighted by molar-refractivity contribution is 0.156. The summed E-state index contributed by atoms with van der Waals surface area (Å²) >= 11 is 0. The molecule has 1 aromatic carbocycles. The Morgan fingerprint density at radius 3 is 3.11 bits per heavy atom. The van der Waals surface area contributed by atoms with Gasteiger partial charge in [-0.05, 0) is 49.5 Å². The van der Waals surface area contributed by atoms with Crippen LogP contribution in [0.4, 0.5) is 0 Å². The third kappa shape index (κ3) is 2.69. The van der Waals surface area contributed by atoms with E-state index < -0.39 is 0 Å². The van der Waals surface area contributed by atoms with Crippen LogP contribution in [0.1, 0.15) is 18.4 Å². The molecule has 2 aliphatic heterocycles. The second-order valence-corrected chi connectivity index (χ2v) is 5.64. The highest BCUT2D eigenvalue weighted by Crippen LogP contribution is 2.29. The maximum absolute atomic E-state index is 9.82. The Morgan fingerprint density at radius 1 is 1.42 bits per heavy atom.